The molecule has 0 bridgehead atoms. The Morgan fingerprint density at radius 1 is 0.978 bits per heavy atom. The Morgan fingerprint density at radius 3 is 2.43 bits per heavy atom. The Hall–Kier alpha value is -5.08. The van der Waals surface area contributed by atoms with Crippen molar-refractivity contribution in [1.82, 2.24) is 4.57 Å². The third-order valence-corrected chi connectivity index (χ3v) is 8.78. The minimum absolute atomic E-state index is 0.0762. The highest BCUT2D eigenvalue weighted by molar-refractivity contribution is 7.07. The number of nitrogens with zero attached hydrogens (tertiary/aromatic N) is 2. The van der Waals surface area contributed by atoms with Crippen molar-refractivity contribution >= 4 is 29.1 Å². The fourth-order valence-electron chi connectivity index (χ4n) is 5.44. The second kappa shape index (κ2) is 13.5. The van der Waals surface area contributed by atoms with Gasteiger partial charge in [0.15, 0.2) is 4.80 Å². The largest absolute Gasteiger partial charge is 0.489 e. The van der Waals surface area contributed by atoms with E-state index < -0.39 is 12.0 Å². The molecule has 1 aliphatic rings. The average Bonchev–Trinajstić information content (AvgIpc) is 3.38. The Morgan fingerprint density at radius 2 is 1.72 bits per heavy atom. The Bertz CT molecular complexity index is 2100. The van der Waals surface area contributed by atoms with Gasteiger partial charge in [0.25, 0.3) is 5.56 Å². The lowest BCUT2D eigenvalue weighted by atomic mass is 9.91. The molecule has 5 aromatic rings. The van der Waals surface area contributed by atoms with Crippen molar-refractivity contribution in [2.45, 2.75) is 39.3 Å². The van der Waals surface area contributed by atoms with Gasteiger partial charge in [-0.1, -0.05) is 110 Å². The summed E-state index contributed by atoms with van der Waals surface area (Å²) in [6, 6.07) is 30.5. The van der Waals surface area contributed by atoms with Crippen molar-refractivity contribution in [1.29, 1.82) is 0 Å². The summed E-state index contributed by atoms with van der Waals surface area (Å²) in [5.41, 5.74) is 4.41. The quantitative estimate of drug-likeness (QED) is 0.168. The normalized spacial score (nSPS) is 14.6. The zero-order valence-corrected chi connectivity index (χ0v) is 26.6. The third-order valence-electron chi connectivity index (χ3n) is 7.80. The lowest BCUT2D eigenvalue weighted by Crippen LogP contribution is -2.40. The van der Waals surface area contributed by atoms with Gasteiger partial charge in [0.1, 0.15) is 18.2 Å². The number of carbonyl (C=O) groups is 1. The summed E-state index contributed by atoms with van der Waals surface area (Å²) in [5, 5.41) is 0. The van der Waals surface area contributed by atoms with Gasteiger partial charge < -0.3 is 9.47 Å². The molecule has 0 saturated heterocycles. The number of carbonyl (C=O) groups excluding carboxylic acids is 1. The van der Waals surface area contributed by atoms with Crippen LogP contribution in [-0.4, -0.2) is 17.1 Å². The average molecular weight is 633 g/mol. The second-order valence-corrected chi connectivity index (χ2v) is 12.2. The minimum Gasteiger partial charge on any atom is -0.489 e. The molecular weight excluding hydrogens is 599 g/mol. The van der Waals surface area contributed by atoms with Gasteiger partial charge in [0, 0.05) is 11.1 Å². The predicted octanol–water partition coefficient (Wildman–Crippen LogP) is 6.78. The fraction of sp³-hybridized carbons (Fsp3) is 0.184. The van der Waals surface area contributed by atoms with E-state index in [1.54, 1.807) is 47.9 Å². The van der Waals surface area contributed by atoms with Crippen molar-refractivity contribution in [2.75, 3.05) is 6.61 Å². The summed E-state index contributed by atoms with van der Waals surface area (Å²) >= 11 is 1.26. The molecule has 0 unspecified atom stereocenters. The second-order valence-electron chi connectivity index (χ2n) is 11.2. The van der Waals surface area contributed by atoms with Gasteiger partial charge >= 0.3 is 5.97 Å². The summed E-state index contributed by atoms with van der Waals surface area (Å²) in [4.78, 5) is 33.3. The van der Waals surface area contributed by atoms with Crippen molar-refractivity contribution < 1.29 is 18.7 Å². The lowest BCUT2D eigenvalue weighted by molar-refractivity contribution is -0.138. The molecule has 8 heteroatoms. The molecule has 0 spiro atoms. The van der Waals surface area contributed by atoms with E-state index in [0.29, 0.717) is 37.8 Å². The van der Waals surface area contributed by atoms with E-state index >= 15 is 0 Å². The summed E-state index contributed by atoms with van der Waals surface area (Å²) in [6.07, 6.45) is 1.79. The van der Waals surface area contributed by atoms with Gasteiger partial charge in [-0.25, -0.2) is 14.2 Å². The van der Waals surface area contributed by atoms with E-state index in [-0.39, 0.29) is 24.6 Å². The number of halogens is 1. The summed E-state index contributed by atoms with van der Waals surface area (Å²) in [6.45, 7) is 6.26. The first-order chi connectivity index (χ1) is 22.3. The maximum Gasteiger partial charge on any atom is 0.338 e. The fourth-order valence-corrected chi connectivity index (χ4v) is 6.44. The Labute approximate surface area is 270 Å². The monoisotopic (exact) mass is 632 g/mol. The number of benzene rings is 4. The Balaban J connectivity index is 1.48. The van der Waals surface area contributed by atoms with Crippen LogP contribution in [0.2, 0.25) is 0 Å². The predicted molar refractivity (Wildman–Crippen MR) is 179 cm³/mol. The molecule has 1 aliphatic heterocycles. The molecule has 0 aliphatic carbocycles. The van der Waals surface area contributed by atoms with E-state index in [1.807, 2.05) is 66.7 Å². The van der Waals surface area contributed by atoms with Crippen LogP contribution in [0.25, 0.3) is 11.8 Å². The number of ether oxygens (including phenoxy) is 2. The van der Waals surface area contributed by atoms with Gasteiger partial charge in [-0.05, 0) is 53.8 Å². The van der Waals surface area contributed by atoms with Crippen LogP contribution in [-0.2, 0) is 16.1 Å². The number of hydrogen-bond donors (Lipinski definition) is 0. The van der Waals surface area contributed by atoms with Crippen LogP contribution in [0.15, 0.2) is 118 Å². The first-order valence-corrected chi connectivity index (χ1v) is 16.0. The van der Waals surface area contributed by atoms with Crippen LogP contribution in [0.3, 0.4) is 0 Å². The smallest absolute Gasteiger partial charge is 0.338 e. The van der Waals surface area contributed by atoms with Crippen LogP contribution in [0.5, 0.6) is 5.75 Å². The number of esters is 1. The highest BCUT2D eigenvalue weighted by Crippen LogP contribution is 2.35. The van der Waals surface area contributed by atoms with Gasteiger partial charge in [-0.15, -0.1) is 0 Å². The van der Waals surface area contributed by atoms with Crippen molar-refractivity contribution in [3.8, 4) is 5.75 Å². The molecule has 6 rings (SSSR count). The van der Waals surface area contributed by atoms with Crippen molar-refractivity contribution in [2.24, 2.45) is 4.99 Å². The zero-order chi connectivity index (χ0) is 32.2. The van der Waals surface area contributed by atoms with Crippen LogP contribution in [0, 0.1) is 5.82 Å². The van der Waals surface area contributed by atoms with Crippen molar-refractivity contribution in [3.63, 3.8) is 0 Å². The SMILES string of the molecule is CCOC(=O)C1=C(c2ccccc2)N=c2s/c(=C\c3cccc(OCc4ccccc4F)c3)c(=O)n2[C@H]1c1ccc(C(C)C)cc1. The molecular formula is C38H33FN2O4S. The molecule has 1 aromatic heterocycles. The number of aromatic nitrogens is 1. The topological polar surface area (TPSA) is 69.9 Å². The Kier molecular flexibility index (Phi) is 9.08. The number of fused-ring (bicyclic) bond motifs is 1. The van der Waals surface area contributed by atoms with Gasteiger partial charge in [-0.2, -0.15) is 0 Å². The molecule has 6 nitrogen and oxygen atoms in total. The maximum absolute atomic E-state index is 14.2. The zero-order valence-electron chi connectivity index (χ0n) is 25.8. The molecule has 0 fully saturated rings. The molecule has 232 valence electrons. The molecule has 4 aromatic carbocycles. The van der Waals surface area contributed by atoms with E-state index in [1.165, 1.54) is 17.4 Å². The molecule has 0 saturated carbocycles. The van der Waals surface area contributed by atoms with Crippen LogP contribution < -0.4 is 19.6 Å². The highest BCUT2D eigenvalue weighted by atomic mass is 32.1. The van der Waals surface area contributed by atoms with Crippen LogP contribution >= 0.6 is 11.3 Å². The summed E-state index contributed by atoms with van der Waals surface area (Å²) in [7, 11) is 0. The first-order valence-electron chi connectivity index (χ1n) is 15.2. The van der Waals surface area contributed by atoms with Crippen LogP contribution in [0.4, 0.5) is 4.39 Å². The first kappa shape index (κ1) is 30.9. The number of rotatable bonds is 9. The molecule has 0 N–H and O–H groups in total. The van der Waals surface area contributed by atoms with E-state index in [2.05, 4.69) is 13.8 Å². The maximum atomic E-state index is 14.2. The van der Waals surface area contributed by atoms with E-state index in [9.17, 15) is 14.0 Å². The van der Waals surface area contributed by atoms with Crippen molar-refractivity contribution in [3.05, 3.63) is 162 Å². The van der Waals surface area contributed by atoms with E-state index in [0.717, 1.165) is 22.3 Å². The molecule has 0 amide bonds. The third kappa shape index (κ3) is 6.34. The van der Waals surface area contributed by atoms with Gasteiger partial charge in [0.2, 0.25) is 0 Å². The summed E-state index contributed by atoms with van der Waals surface area (Å²) in [5.74, 6) is 0.0218. The molecule has 0 radical (unpaired) electrons. The van der Waals surface area contributed by atoms with E-state index in [4.69, 9.17) is 14.5 Å². The summed E-state index contributed by atoms with van der Waals surface area (Å²) < 4.78 is 27.6. The minimum atomic E-state index is -0.746. The highest BCUT2D eigenvalue weighted by Gasteiger charge is 2.35. The van der Waals surface area contributed by atoms with Crippen LogP contribution in [0.1, 0.15) is 60.5 Å². The lowest BCUT2D eigenvalue weighted by Gasteiger charge is -2.26. The standard InChI is InChI=1S/C38H33FN2O4S/c1-4-44-37(43)33-34(27-12-6-5-7-13-27)40-38-41(35(33)28-19-17-26(18-20-28)24(2)3)36(42)32(46-38)22-25-11-10-15-30(21-25)45-23-29-14-8-9-16-31(29)39/h5-22,24,35H,4,23H2,1-3H3/b32-22-/t35-/m0/s1. The molecule has 46 heavy (non-hydrogen) atoms. The molecule has 1 atom stereocenters. The van der Waals surface area contributed by atoms with Gasteiger partial charge in [-0.3, -0.25) is 9.36 Å². The number of thiazole rings is 1. The number of hydrogen-bond acceptors (Lipinski definition) is 6. The van der Waals surface area contributed by atoms with Gasteiger partial charge in [0.05, 0.1) is 28.5 Å². The molecule has 2 heterocycles.